The van der Waals surface area contributed by atoms with E-state index in [4.69, 9.17) is 23.8 Å². The van der Waals surface area contributed by atoms with E-state index in [1.165, 1.54) is 0 Å². The van der Waals surface area contributed by atoms with Crippen LogP contribution >= 0.6 is 23.8 Å². The van der Waals surface area contributed by atoms with Gasteiger partial charge in [0.2, 0.25) is 0 Å². The number of rotatable bonds is 3. The van der Waals surface area contributed by atoms with Crippen molar-refractivity contribution in [3.63, 3.8) is 0 Å². The Bertz CT molecular complexity index is 1240. The van der Waals surface area contributed by atoms with Crippen LogP contribution < -0.4 is 10.6 Å². The number of imidazole rings is 1. The summed E-state index contributed by atoms with van der Waals surface area (Å²) in [5, 5.41) is 6.68. The zero-order valence-corrected chi connectivity index (χ0v) is 18.0. The zero-order chi connectivity index (χ0) is 21.3. The summed E-state index contributed by atoms with van der Waals surface area (Å²) in [6, 6.07) is 18.8. The molecule has 0 spiro atoms. The van der Waals surface area contributed by atoms with Crippen molar-refractivity contribution in [3.05, 3.63) is 82.4 Å². The number of aryl methyl sites for hydroxylation is 2. The van der Waals surface area contributed by atoms with E-state index >= 15 is 0 Å². The summed E-state index contributed by atoms with van der Waals surface area (Å²) in [6.45, 7) is 3.89. The third-order valence-corrected chi connectivity index (χ3v) is 5.27. The molecular weight excluding hydrogens is 416 g/mol. The van der Waals surface area contributed by atoms with Crippen LogP contribution in [0.2, 0.25) is 5.02 Å². The maximum atomic E-state index is 12.4. The molecule has 150 valence electrons. The van der Waals surface area contributed by atoms with Crippen molar-refractivity contribution in [2.75, 3.05) is 5.32 Å². The number of hydrogen-bond donors (Lipinski definition) is 3. The number of amides is 1. The highest BCUT2D eigenvalue weighted by Gasteiger charge is 2.10. The third-order valence-electron chi connectivity index (χ3n) is 4.66. The number of nitrogens with zero attached hydrogens (tertiary/aromatic N) is 1. The summed E-state index contributed by atoms with van der Waals surface area (Å²) in [5.41, 5.74) is 5.92. The number of anilines is 1. The molecule has 30 heavy (non-hydrogen) atoms. The summed E-state index contributed by atoms with van der Waals surface area (Å²) in [7, 11) is 0. The van der Waals surface area contributed by atoms with Crippen molar-refractivity contribution in [2.24, 2.45) is 0 Å². The number of fused-ring (bicyclic) bond motifs is 1. The molecule has 0 unspecified atom stereocenters. The predicted octanol–water partition coefficient (Wildman–Crippen LogP) is 5.63. The number of halogens is 1. The van der Waals surface area contributed by atoms with Gasteiger partial charge in [-0.15, -0.1) is 0 Å². The van der Waals surface area contributed by atoms with Gasteiger partial charge >= 0.3 is 0 Å². The Balaban J connectivity index is 1.51. The average molecular weight is 435 g/mol. The van der Waals surface area contributed by atoms with Gasteiger partial charge in [0, 0.05) is 21.8 Å². The van der Waals surface area contributed by atoms with Gasteiger partial charge in [0.05, 0.1) is 11.0 Å². The zero-order valence-electron chi connectivity index (χ0n) is 16.4. The van der Waals surface area contributed by atoms with Gasteiger partial charge in [-0.3, -0.25) is 10.1 Å². The van der Waals surface area contributed by atoms with Crippen LogP contribution in [-0.2, 0) is 0 Å². The van der Waals surface area contributed by atoms with E-state index in [1.54, 1.807) is 6.07 Å². The molecule has 0 bridgehead atoms. The summed E-state index contributed by atoms with van der Waals surface area (Å²) in [4.78, 5) is 20.3. The first-order valence-electron chi connectivity index (χ1n) is 9.34. The summed E-state index contributed by atoms with van der Waals surface area (Å²) in [6.07, 6.45) is 0. The van der Waals surface area contributed by atoms with Crippen LogP contribution in [0.5, 0.6) is 0 Å². The Kier molecular flexibility index (Phi) is 5.53. The van der Waals surface area contributed by atoms with Gasteiger partial charge in [-0.2, -0.15) is 0 Å². The Labute approximate surface area is 184 Å². The van der Waals surface area contributed by atoms with Crippen molar-refractivity contribution in [1.82, 2.24) is 15.3 Å². The van der Waals surface area contributed by atoms with E-state index in [-0.39, 0.29) is 11.0 Å². The van der Waals surface area contributed by atoms with Crippen molar-refractivity contribution in [3.8, 4) is 11.4 Å². The number of nitrogens with one attached hydrogen (secondary N) is 3. The number of aromatic nitrogens is 2. The molecule has 0 saturated carbocycles. The number of carbonyl (C=O) groups excluding carboxylic acids is 1. The second kappa shape index (κ2) is 8.26. The minimum absolute atomic E-state index is 0.227. The highest BCUT2D eigenvalue weighted by atomic mass is 35.5. The molecule has 4 rings (SSSR count). The third kappa shape index (κ3) is 4.35. The minimum Gasteiger partial charge on any atom is -0.338 e. The van der Waals surface area contributed by atoms with Gasteiger partial charge in [0.15, 0.2) is 5.11 Å². The lowest BCUT2D eigenvalue weighted by Gasteiger charge is -2.10. The SMILES string of the molecule is Cc1cccc(C(=O)NC(=S)Nc2cccc(-c3nc4cc(Cl)c(C)cc4[nH]3)c2)c1. The van der Waals surface area contributed by atoms with Crippen molar-refractivity contribution < 1.29 is 4.79 Å². The Morgan fingerprint density at radius 1 is 1.07 bits per heavy atom. The monoisotopic (exact) mass is 434 g/mol. The van der Waals surface area contributed by atoms with E-state index in [9.17, 15) is 4.79 Å². The fraction of sp³-hybridized carbons (Fsp3) is 0.0870. The molecule has 1 aromatic heterocycles. The normalized spacial score (nSPS) is 10.8. The first-order chi connectivity index (χ1) is 14.4. The van der Waals surface area contributed by atoms with Crippen molar-refractivity contribution >= 4 is 51.6 Å². The van der Waals surface area contributed by atoms with Gasteiger partial charge in [-0.25, -0.2) is 4.98 Å². The summed E-state index contributed by atoms with van der Waals surface area (Å²) < 4.78 is 0. The van der Waals surface area contributed by atoms with Crippen LogP contribution in [0.3, 0.4) is 0 Å². The lowest BCUT2D eigenvalue weighted by Crippen LogP contribution is -2.34. The molecular formula is C23H19ClN4OS. The van der Waals surface area contributed by atoms with Gasteiger partial charge in [0.25, 0.3) is 5.91 Å². The standard InChI is InChI=1S/C23H19ClN4OS/c1-13-5-3-7-16(9-13)22(29)28-23(30)25-17-8-4-6-15(11-17)21-26-19-10-14(2)18(24)12-20(19)27-21/h3-12H,1-2H3,(H,26,27)(H2,25,28,29,30). The van der Waals surface area contributed by atoms with Crippen LogP contribution in [-0.4, -0.2) is 21.0 Å². The fourth-order valence-corrected chi connectivity index (χ4v) is 3.51. The molecule has 0 aliphatic rings. The smallest absolute Gasteiger partial charge is 0.257 e. The van der Waals surface area contributed by atoms with E-state index in [1.807, 2.05) is 68.4 Å². The first-order valence-corrected chi connectivity index (χ1v) is 10.1. The molecule has 1 amide bonds. The van der Waals surface area contributed by atoms with E-state index in [0.717, 1.165) is 39.2 Å². The predicted molar refractivity (Wildman–Crippen MR) is 126 cm³/mol. The largest absolute Gasteiger partial charge is 0.338 e. The van der Waals surface area contributed by atoms with Gasteiger partial charge in [-0.05, 0) is 68.0 Å². The molecule has 7 heteroatoms. The summed E-state index contributed by atoms with van der Waals surface area (Å²) >= 11 is 11.5. The first kappa shape index (κ1) is 20.1. The number of H-pyrrole nitrogens is 1. The molecule has 0 aliphatic heterocycles. The summed E-state index contributed by atoms with van der Waals surface area (Å²) in [5.74, 6) is 0.474. The minimum atomic E-state index is -0.253. The van der Waals surface area contributed by atoms with Gasteiger partial charge in [-0.1, -0.05) is 41.4 Å². The molecule has 4 aromatic rings. The second-order valence-electron chi connectivity index (χ2n) is 7.06. The molecule has 0 atom stereocenters. The van der Waals surface area contributed by atoms with E-state index in [0.29, 0.717) is 10.6 Å². The molecule has 0 radical (unpaired) electrons. The van der Waals surface area contributed by atoms with E-state index < -0.39 is 0 Å². The van der Waals surface area contributed by atoms with Crippen LogP contribution in [0, 0.1) is 13.8 Å². The lowest BCUT2D eigenvalue weighted by atomic mass is 10.1. The molecule has 0 saturated heterocycles. The Morgan fingerprint density at radius 2 is 1.87 bits per heavy atom. The topological polar surface area (TPSA) is 69.8 Å². The van der Waals surface area contributed by atoms with Crippen molar-refractivity contribution in [2.45, 2.75) is 13.8 Å². The maximum absolute atomic E-state index is 12.4. The number of carbonyl (C=O) groups is 1. The number of aromatic amines is 1. The van der Waals surface area contributed by atoms with Crippen LogP contribution in [0.15, 0.2) is 60.7 Å². The van der Waals surface area contributed by atoms with E-state index in [2.05, 4.69) is 20.6 Å². The van der Waals surface area contributed by atoms with Crippen LogP contribution in [0.4, 0.5) is 5.69 Å². The van der Waals surface area contributed by atoms with Crippen molar-refractivity contribution in [1.29, 1.82) is 0 Å². The van der Waals surface area contributed by atoms with Crippen LogP contribution in [0.1, 0.15) is 21.5 Å². The molecule has 3 aromatic carbocycles. The van der Waals surface area contributed by atoms with Gasteiger partial charge in [0.1, 0.15) is 5.82 Å². The molecule has 3 N–H and O–H groups in total. The molecule has 0 aliphatic carbocycles. The highest BCUT2D eigenvalue weighted by molar-refractivity contribution is 7.80. The molecule has 0 fully saturated rings. The average Bonchev–Trinajstić information content (AvgIpc) is 3.11. The fourth-order valence-electron chi connectivity index (χ4n) is 3.14. The molecule has 1 heterocycles. The highest BCUT2D eigenvalue weighted by Crippen LogP contribution is 2.26. The second-order valence-corrected chi connectivity index (χ2v) is 7.88. The number of hydrogen-bond acceptors (Lipinski definition) is 3. The maximum Gasteiger partial charge on any atom is 0.257 e. The van der Waals surface area contributed by atoms with Gasteiger partial charge < -0.3 is 10.3 Å². The quantitative estimate of drug-likeness (QED) is 0.365. The lowest BCUT2D eigenvalue weighted by molar-refractivity contribution is 0.0977. The Hall–Kier alpha value is -3.22. The number of benzene rings is 3. The van der Waals surface area contributed by atoms with Crippen LogP contribution in [0.25, 0.3) is 22.4 Å². The number of thiocarbonyl (C=S) groups is 1. The Morgan fingerprint density at radius 3 is 2.67 bits per heavy atom. The molecule has 5 nitrogen and oxygen atoms in total.